The molecule has 0 aromatic rings. The first-order valence-electron chi connectivity index (χ1n) is 7.52. The molecular formula is C15H32N2O2. The van der Waals surface area contributed by atoms with Crippen molar-refractivity contribution in [2.45, 2.75) is 85.0 Å². The number of hydrogen-bond acceptors (Lipinski definition) is 4. The van der Waals surface area contributed by atoms with Crippen LogP contribution >= 0.6 is 0 Å². The monoisotopic (exact) mass is 272 g/mol. The highest BCUT2D eigenvalue weighted by atomic mass is 16.5. The molecule has 0 aliphatic rings. The number of carbonyl (C=O) groups is 1. The molecule has 4 heteroatoms. The van der Waals surface area contributed by atoms with Crippen LogP contribution in [0.5, 0.6) is 0 Å². The number of hydrogen-bond donors (Lipinski definition) is 2. The Morgan fingerprint density at radius 1 is 1.00 bits per heavy atom. The van der Waals surface area contributed by atoms with E-state index in [4.69, 9.17) is 4.74 Å². The predicted octanol–water partition coefficient (Wildman–Crippen LogP) is 2.47. The topological polar surface area (TPSA) is 50.4 Å². The van der Waals surface area contributed by atoms with Gasteiger partial charge in [-0.2, -0.15) is 0 Å². The van der Waals surface area contributed by atoms with Gasteiger partial charge in [-0.15, -0.1) is 0 Å². The fraction of sp³-hybridized carbons (Fsp3) is 0.933. The minimum atomic E-state index is -0.179. The van der Waals surface area contributed by atoms with Crippen LogP contribution in [-0.4, -0.2) is 36.7 Å². The Balaban J connectivity index is 4.02. The third-order valence-corrected chi connectivity index (χ3v) is 2.64. The van der Waals surface area contributed by atoms with E-state index in [1.807, 2.05) is 13.8 Å². The molecule has 19 heavy (non-hydrogen) atoms. The molecule has 0 aromatic carbocycles. The predicted molar refractivity (Wildman–Crippen MR) is 80.3 cm³/mol. The summed E-state index contributed by atoms with van der Waals surface area (Å²) in [5.74, 6) is -0.125. The van der Waals surface area contributed by atoms with Gasteiger partial charge in [-0.25, -0.2) is 0 Å². The van der Waals surface area contributed by atoms with Gasteiger partial charge >= 0.3 is 5.97 Å². The Hall–Kier alpha value is -0.610. The maximum atomic E-state index is 12.0. The van der Waals surface area contributed by atoms with Gasteiger partial charge in [0.05, 0.1) is 6.10 Å². The second kappa shape index (κ2) is 10.2. The normalized spacial score (nSPS) is 13.3. The van der Waals surface area contributed by atoms with Crippen LogP contribution < -0.4 is 10.6 Å². The highest BCUT2D eigenvalue weighted by Gasteiger charge is 2.20. The fourth-order valence-corrected chi connectivity index (χ4v) is 1.85. The van der Waals surface area contributed by atoms with Crippen LogP contribution in [0.3, 0.4) is 0 Å². The summed E-state index contributed by atoms with van der Waals surface area (Å²) in [7, 11) is 0. The molecule has 2 N–H and O–H groups in total. The molecule has 0 aliphatic heterocycles. The lowest BCUT2D eigenvalue weighted by molar-refractivity contribution is -0.150. The number of carbonyl (C=O) groups excluding carboxylic acids is 1. The van der Waals surface area contributed by atoms with Crippen LogP contribution in [0.1, 0.15) is 60.8 Å². The van der Waals surface area contributed by atoms with Gasteiger partial charge in [0, 0.05) is 12.1 Å². The van der Waals surface area contributed by atoms with Crippen LogP contribution in [0.4, 0.5) is 0 Å². The Morgan fingerprint density at radius 3 is 2.11 bits per heavy atom. The van der Waals surface area contributed by atoms with E-state index in [0.29, 0.717) is 12.1 Å². The largest absolute Gasteiger partial charge is 0.462 e. The van der Waals surface area contributed by atoms with Gasteiger partial charge in [-0.05, 0) is 33.2 Å². The molecule has 0 heterocycles. The lowest BCUT2D eigenvalue weighted by atomic mass is 10.1. The molecular weight excluding hydrogens is 240 g/mol. The zero-order valence-corrected chi connectivity index (χ0v) is 13.5. The molecule has 0 unspecified atom stereocenters. The molecule has 0 rings (SSSR count). The van der Waals surface area contributed by atoms with E-state index in [1.165, 1.54) is 0 Å². The van der Waals surface area contributed by atoms with E-state index in [-0.39, 0.29) is 18.1 Å². The van der Waals surface area contributed by atoms with Gasteiger partial charge < -0.3 is 15.4 Å². The average molecular weight is 272 g/mol. The van der Waals surface area contributed by atoms with E-state index >= 15 is 0 Å². The zero-order valence-electron chi connectivity index (χ0n) is 13.5. The fourth-order valence-electron chi connectivity index (χ4n) is 1.85. The Kier molecular flexibility index (Phi) is 9.88. The highest BCUT2D eigenvalue weighted by molar-refractivity contribution is 5.75. The smallest absolute Gasteiger partial charge is 0.323 e. The summed E-state index contributed by atoms with van der Waals surface area (Å²) in [6.45, 7) is 13.2. The number of ether oxygens (including phenoxy) is 1. The zero-order chi connectivity index (χ0) is 14.8. The van der Waals surface area contributed by atoms with Crippen molar-refractivity contribution in [3.63, 3.8) is 0 Å². The number of nitrogens with one attached hydrogen (secondary N) is 2. The third-order valence-electron chi connectivity index (χ3n) is 2.64. The molecule has 0 saturated carbocycles. The van der Waals surface area contributed by atoms with E-state index < -0.39 is 0 Å². The van der Waals surface area contributed by atoms with Crippen molar-refractivity contribution in [3.05, 3.63) is 0 Å². The molecule has 4 nitrogen and oxygen atoms in total. The second-order valence-electron chi connectivity index (χ2n) is 5.96. The molecule has 1 atom stereocenters. The van der Waals surface area contributed by atoms with Crippen LogP contribution in [0.25, 0.3) is 0 Å². The van der Waals surface area contributed by atoms with E-state index in [0.717, 1.165) is 25.8 Å². The third kappa shape index (κ3) is 11.0. The Bertz CT molecular complexity index is 240. The summed E-state index contributed by atoms with van der Waals surface area (Å²) in [4.78, 5) is 12.0. The van der Waals surface area contributed by atoms with Crippen molar-refractivity contribution in [2.75, 3.05) is 6.54 Å². The van der Waals surface area contributed by atoms with Crippen LogP contribution in [0, 0.1) is 0 Å². The Labute approximate surface area is 118 Å². The van der Waals surface area contributed by atoms with Gasteiger partial charge in [-0.3, -0.25) is 4.79 Å². The van der Waals surface area contributed by atoms with Crippen molar-refractivity contribution >= 4 is 5.97 Å². The van der Waals surface area contributed by atoms with Gasteiger partial charge in [0.2, 0.25) is 0 Å². The number of esters is 1. The quantitative estimate of drug-likeness (QED) is 0.474. The number of rotatable bonds is 10. The molecule has 0 fully saturated rings. The van der Waals surface area contributed by atoms with E-state index in [2.05, 4.69) is 38.3 Å². The molecule has 0 aromatic heterocycles. The minimum absolute atomic E-state index is 0.0495. The Morgan fingerprint density at radius 2 is 1.63 bits per heavy atom. The van der Waals surface area contributed by atoms with E-state index in [9.17, 15) is 4.79 Å². The average Bonchev–Trinajstić information content (AvgIpc) is 2.25. The summed E-state index contributed by atoms with van der Waals surface area (Å²) in [5, 5.41) is 6.67. The maximum Gasteiger partial charge on any atom is 0.323 e. The molecule has 0 bridgehead atoms. The highest BCUT2D eigenvalue weighted by Crippen LogP contribution is 2.06. The lowest BCUT2D eigenvalue weighted by Crippen LogP contribution is -2.42. The van der Waals surface area contributed by atoms with Gasteiger partial charge in [0.25, 0.3) is 0 Å². The van der Waals surface area contributed by atoms with Crippen LogP contribution in [0.15, 0.2) is 0 Å². The molecule has 0 aliphatic carbocycles. The molecule has 0 saturated heterocycles. The molecule has 0 spiro atoms. The summed E-state index contributed by atoms with van der Waals surface area (Å²) >= 11 is 0. The summed E-state index contributed by atoms with van der Waals surface area (Å²) in [6.07, 6.45) is 2.90. The lowest BCUT2D eigenvalue weighted by Gasteiger charge is -2.21. The molecule has 114 valence electrons. The van der Waals surface area contributed by atoms with Crippen molar-refractivity contribution in [1.29, 1.82) is 0 Å². The standard InChI is InChI=1S/C15H32N2O2/c1-11(2)16-10-8-7-9-14(17-12(3)4)15(18)19-13(5)6/h11-14,16-17H,7-10H2,1-6H3/t14-/m0/s1. The van der Waals surface area contributed by atoms with Gasteiger partial charge in [0.15, 0.2) is 0 Å². The molecule has 0 radical (unpaired) electrons. The first-order chi connectivity index (χ1) is 8.82. The van der Waals surface area contributed by atoms with Crippen molar-refractivity contribution in [3.8, 4) is 0 Å². The SMILES string of the molecule is CC(C)NCCCC[C@H](NC(C)C)C(=O)OC(C)C. The summed E-state index contributed by atoms with van der Waals surface area (Å²) in [5.41, 5.74) is 0. The first-order valence-corrected chi connectivity index (χ1v) is 7.52. The summed E-state index contributed by atoms with van der Waals surface area (Å²) in [6, 6.07) is 0.635. The number of unbranched alkanes of at least 4 members (excludes halogenated alkanes) is 1. The van der Waals surface area contributed by atoms with Crippen molar-refractivity contribution in [1.82, 2.24) is 10.6 Å². The van der Waals surface area contributed by atoms with Crippen molar-refractivity contribution < 1.29 is 9.53 Å². The molecule has 0 amide bonds. The maximum absolute atomic E-state index is 12.0. The van der Waals surface area contributed by atoms with Crippen LogP contribution in [-0.2, 0) is 9.53 Å². The minimum Gasteiger partial charge on any atom is -0.462 e. The van der Waals surface area contributed by atoms with Crippen molar-refractivity contribution in [2.24, 2.45) is 0 Å². The summed E-state index contributed by atoms with van der Waals surface area (Å²) < 4.78 is 5.29. The van der Waals surface area contributed by atoms with Crippen LogP contribution in [0.2, 0.25) is 0 Å². The van der Waals surface area contributed by atoms with E-state index in [1.54, 1.807) is 0 Å². The van der Waals surface area contributed by atoms with Gasteiger partial charge in [-0.1, -0.05) is 34.1 Å². The second-order valence-corrected chi connectivity index (χ2v) is 5.96. The van der Waals surface area contributed by atoms with Gasteiger partial charge in [0.1, 0.15) is 6.04 Å². The first kappa shape index (κ1) is 18.4.